The van der Waals surface area contributed by atoms with E-state index in [2.05, 4.69) is 24.6 Å². The van der Waals surface area contributed by atoms with E-state index >= 15 is 0 Å². The quantitative estimate of drug-likeness (QED) is 0.726. The number of halogens is 1. The lowest BCUT2D eigenvalue weighted by Gasteiger charge is -2.01. The molecule has 0 aromatic carbocycles. The summed E-state index contributed by atoms with van der Waals surface area (Å²) in [5, 5.41) is 5.76. The second-order valence-corrected chi connectivity index (χ2v) is 5.33. The minimum Gasteiger partial charge on any atom is -0.360 e. The summed E-state index contributed by atoms with van der Waals surface area (Å²) in [7, 11) is 0. The highest BCUT2D eigenvalue weighted by molar-refractivity contribution is 7.09. The topological polar surface area (TPSA) is 66.5 Å². The number of aromatic nitrogens is 4. The molecule has 0 radical (unpaired) electrons. The zero-order valence-electron chi connectivity index (χ0n) is 10.3. The molecule has 0 aliphatic heterocycles. The van der Waals surface area contributed by atoms with E-state index in [1.807, 2.05) is 19.2 Å². The monoisotopic (exact) mass is 293 g/mol. The second-order valence-electron chi connectivity index (χ2n) is 4.19. The fourth-order valence-corrected chi connectivity index (χ4v) is 2.69. The Morgan fingerprint density at radius 1 is 1.47 bits per heavy atom. The third-order valence-electron chi connectivity index (χ3n) is 2.82. The molecule has 0 fully saturated rings. The molecule has 0 atom stereocenters. The van der Waals surface area contributed by atoms with Crippen molar-refractivity contribution in [2.24, 2.45) is 0 Å². The van der Waals surface area contributed by atoms with Crippen LogP contribution in [0, 0.1) is 6.92 Å². The molecule has 0 unspecified atom stereocenters. The summed E-state index contributed by atoms with van der Waals surface area (Å²) in [6.45, 7) is 2.69. The van der Waals surface area contributed by atoms with Crippen LogP contribution in [0.3, 0.4) is 0 Å². The van der Waals surface area contributed by atoms with E-state index in [-0.39, 0.29) is 0 Å². The maximum atomic E-state index is 5.92. The molecule has 98 valence electrons. The molecule has 3 rings (SSSR count). The molecular formula is C12H12ClN5S. The Hall–Kier alpha value is -1.66. The molecule has 0 amide bonds. The second kappa shape index (κ2) is 5.14. The summed E-state index contributed by atoms with van der Waals surface area (Å²) in [4.78, 5) is 11.5. The molecule has 0 saturated heterocycles. The molecule has 3 heterocycles. The lowest BCUT2D eigenvalue weighted by Crippen LogP contribution is -2.04. The predicted octanol–water partition coefficient (Wildman–Crippen LogP) is 3.03. The van der Waals surface area contributed by atoms with Gasteiger partial charge in [-0.1, -0.05) is 11.6 Å². The maximum absolute atomic E-state index is 5.92. The van der Waals surface area contributed by atoms with Crippen molar-refractivity contribution in [2.45, 2.75) is 13.3 Å². The summed E-state index contributed by atoms with van der Waals surface area (Å²) in [6.07, 6.45) is 4.64. The number of rotatable bonds is 4. The van der Waals surface area contributed by atoms with Crippen LogP contribution >= 0.6 is 23.1 Å². The maximum Gasteiger partial charge on any atom is 0.202 e. The van der Waals surface area contributed by atoms with Crippen LogP contribution in [0.25, 0.3) is 10.9 Å². The summed E-state index contributed by atoms with van der Waals surface area (Å²) < 4.78 is 4.13. The summed E-state index contributed by atoms with van der Waals surface area (Å²) in [5.41, 5.74) is 2.22. The summed E-state index contributed by atoms with van der Waals surface area (Å²) in [5.74, 6) is 0.803. The van der Waals surface area contributed by atoms with Crippen molar-refractivity contribution in [3.63, 3.8) is 0 Å². The van der Waals surface area contributed by atoms with Crippen LogP contribution in [0.15, 0.2) is 18.5 Å². The van der Waals surface area contributed by atoms with Gasteiger partial charge in [-0.2, -0.15) is 4.37 Å². The van der Waals surface area contributed by atoms with Gasteiger partial charge in [-0.3, -0.25) is 0 Å². The van der Waals surface area contributed by atoms with Gasteiger partial charge in [0.05, 0.1) is 11.7 Å². The largest absolute Gasteiger partial charge is 0.360 e. The average molecular weight is 294 g/mol. The molecule has 3 aromatic rings. The van der Waals surface area contributed by atoms with Crippen molar-refractivity contribution in [3.8, 4) is 0 Å². The Balaban J connectivity index is 1.70. The molecule has 7 heteroatoms. The van der Waals surface area contributed by atoms with Gasteiger partial charge < -0.3 is 10.3 Å². The molecule has 0 aliphatic carbocycles. The van der Waals surface area contributed by atoms with Gasteiger partial charge in [0.1, 0.15) is 11.0 Å². The number of fused-ring (bicyclic) bond motifs is 1. The first-order chi connectivity index (χ1) is 9.22. The number of aryl methyl sites for hydroxylation is 1. The normalized spacial score (nSPS) is 11.1. The van der Waals surface area contributed by atoms with Crippen molar-refractivity contribution in [2.75, 3.05) is 11.9 Å². The van der Waals surface area contributed by atoms with Gasteiger partial charge in [0, 0.05) is 29.7 Å². The number of aromatic amines is 1. The third kappa shape index (κ3) is 2.69. The van der Waals surface area contributed by atoms with Gasteiger partial charge in [-0.05, 0) is 25.0 Å². The van der Waals surface area contributed by atoms with Crippen molar-refractivity contribution >= 4 is 39.2 Å². The standard InChI is InChI=1S/C12H12ClN5S/c1-7-17-12(19-18-7)14-3-2-8-5-15-10-6-16-11(13)4-9(8)10/h4-6,15H,2-3H2,1H3,(H,14,17,18). The highest BCUT2D eigenvalue weighted by atomic mass is 35.5. The number of hydrogen-bond donors (Lipinski definition) is 2. The fraction of sp³-hybridized carbons (Fsp3) is 0.250. The molecule has 0 saturated carbocycles. The lowest BCUT2D eigenvalue weighted by atomic mass is 10.1. The van der Waals surface area contributed by atoms with E-state index in [0.717, 1.165) is 34.8 Å². The molecular weight excluding hydrogens is 282 g/mol. The number of hydrogen-bond acceptors (Lipinski definition) is 5. The number of nitrogens with one attached hydrogen (secondary N) is 2. The van der Waals surface area contributed by atoms with E-state index in [1.54, 1.807) is 6.20 Å². The van der Waals surface area contributed by atoms with Crippen LogP contribution in [0.5, 0.6) is 0 Å². The van der Waals surface area contributed by atoms with Gasteiger partial charge in [0.15, 0.2) is 0 Å². The SMILES string of the molecule is Cc1nsc(NCCc2c[nH]c3cnc(Cl)cc23)n1. The Morgan fingerprint density at radius 3 is 3.16 bits per heavy atom. The minimum absolute atomic E-state index is 0.515. The van der Waals surface area contributed by atoms with E-state index in [1.165, 1.54) is 17.1 Å². The zero-order chi connectivity index (χ0) is 13.2. The van der Waals surface area contributed by atoms with E-state index in [9.17, 15) is 0 Å². The van der Waals surface area contributed by atoms with Crippen molar-refractivity contribution in [1.82, 2.24) is 19.3 Å². The first-order valence-corrected chi connectivity index (χ1v) is 7.03. The number of nitrogens with zero attached hydrogens (tertiary/aromatic N) is 3. The van der Waals surface area contributed by atoms with Gasteiger partial charge in [-0.25, -0.2) is 9.97 Å². The van der Waals surface area contributed by atoms with Gasteiger partial charge in [0.2, 0.25) is 5.13 Å². The third-order valence-corrected chi connectivity index (χ3v) is 3.79. The Kier molecular flexibility index (Phi) is 3.35. The molecule has 5 nitrogen and oxygen atoms in total. The van der Waals surface area contributed by atoms with E-state index in [4.69, 9.17) is 11.6 Å². The van der Waals surface area contributed by atoms with Crippen LogP contribution < -0.4 is 5.32 Å². The fourth-order valence-electron chi connectivity index (χ4n) is 1.93. The first-order valence-electron chi connectivity index (χ1n) is 5.88. The van der Waals surface area contributed by atoms with Crippen LogP contribution in [0.4, 0.5) is 5.13 Å². The molecule has 0 bridgehead atoms. The minimum atomic E-state index is 0.515. The highest BCUT2D eigenvalue weighted by Crippen LogP contribution is 2.21. The van der Waals surface area contributed by atoms with Crippen LogP contribution in [0.2, 0.25) is 5.15 Å². The predicted molar refractivity (Wildman–Crippen MR) is 77.9 cm³/mol. The lowest BCUT2D eigenvalue weighted by molar-refractivity contribution is 1.02. The first kappa shape index (κ1) is 12.4. The highest BCUT2D eigenvalue weighted by Gasteiger charge is 2.05. The molecule has 0 aliphatic rings. The van der Waals surface area contributed by atoms with Gasteiger partial charge >= 0.3 is 0 Å². The number of H-pyrrole nitrogens is 1. The van der Waals surface area contributed by atoms with Crippen molar-refractivity contribution < 1.29 is 0 Å². The summed E-state index contributed by atoms with van der Waals surface area (Å²) >= 11 is 7.30. The molecule has 3 aromatic heterocycles. The van der Waals surface area contributed by atoms with Gasteiger partial charge in [0.25, 0.3) is 0 Å². The zero-order valence-corrected chi connectivity index (χ0v) is 11.8. The smallest absolute Gasteiger partial charge is 0.202 e. The Labute approximate surface area is 119 Å². The number of anilines is 1. The van der Waals surface area contributed by atoms with Crippen molar-refractivity contribution in [1.29, 1.82) is 0 Å². The Bertz CT molecular complexity index is 705. The number of pyridine rings is 1. The van der Waals surface area contributed by atoms with Crippen LogP contribution in [-0.4, -0.2) is 25.9 Å². The van der Waals surface area contributed by atoms with E-state index in [0.29, 0.717) is 5.15 Å². The molecule has 2 N–H and O–H groups in total. The van der Waals surface area contributed by atoms with Gasteiger partial charge in [-0.15, -0.1) is 0 Å². The summed E-state index contributed by atoms with van der Waals surface area (Å²) in [6, 6.07) is 1.89. The van der Waals surface area contributed by atoms with Crippen LogP contribution in [0.1, 0.15) is 11.4 Å². The molecule has 19 heavy (non-hydrogen) atoms. The van der Waals surface area contributed by atoms with E-state index < -0.39 is 0 Å². The van der Waals surface area contributed by atoms with Crippen molar-refractivity contribution in [3.05, 3.63) is 35.0 Å². The van der Waals surface area contributed by atoms with Crippen LogP contribution in [-0.2, 0) is 6.42 Å². The molecule has 0 spiro atoms. The average Bonchev–Trinajstić information content (AvgIpc) is 2.97. The Morgan fingerprint density at radius 2 is 2.37 bits per heavy atom.